The topological polar surface area (TPSA) is 37.8 Å². The summed E-state index contributed by atoms with van der Waals surface area (Å²) in [7, 11) is 0. The lowest BCUT2D eigenvalue weighted by molar-refractivity contribution is 0.579. The highest BCUT2D eigenvalue weighted by Crippen LogP contribution is 2.18. The molecule has 64 valence electrons. The predicted molar refractivity (Wildman–Crippen MR) is 50.1 cm³/mol. The molecule has 2 heterocycles. The highest BCUT2D eigenvalue weighted by molar-refractivity contribution is 7.99. The molecule has 2 rings (SSSR count). The van der Waals surface area contributed by atoms with Crippen LogP contribution in [0, 0.1) is 0 Å². The van der Waals surface area contributed by atoms with Gasteiger partial charge in [0, 0.05) is 24.2 Å². The molecule has 1 saturated heterocycles. The Kier molecular flexibility index (Phi) is 2.58. The van der Waals surface area contributed by atoms with Gasteiger partial charge >= 0.3 is 0 Å². The molecule has 12 heavy (non-hydrogen) atoms. The predicted octanol–water partition coefficient (Wildman–Crippen LogP) is 0.854. The minimum atomic E-state index is 0.423. The molecule has 1 atom stereocenters. The zero-order valence-electron chi connectivity index (χ0n) is 6.73. The lowest BCUT2D eigenvalue weighted by Crippen LogP contribution is -2.30. The van der Waals surface area contributed by atoms with Crippen molar-refractivity contribution in [3.8, 4) is 0 Å². The van der Waals surface area contributed by atoms with E-state index < -0.39 is 0 Å². The number of aromatic nitrogens is 2. The number of hydrogen-bond acceptors (Lipinski definition) is 4. The van der Waals surface area contributed by atoms with Gasteiger partial charge in [0.15, 0.2) is 0 Å². The Morgan fingerprint density at radius 3 is 3.25 bits per heavy atom. The zero-order chi connectivity index (χ0) is 8.23. The molecule has 1 fully saturated rings. The standard InChI is InChI=1S/C8H11N3S/c1-2-9-6-11-7(1)8-5-12-4-3-10-8/h1-2,6,8,10H,3-5H2. The molecule has 0 spiro atoms. The number of nitrogens with zero attached hydrogens (tertiary/aromatic N) is 2. The quantitative estimate of drug-likeness (QED) is 0.697. The Morgan fingerprint density at radius 2 is 2.58 bits per heavy atom. The molecule has 3 nitrogen and oxygen atoms in total. The first-order valence-corrected chi connectivity index (χ1v) is 5.19. The molecule has 1 N–H and O–H groups in total. The van der Waals surface area contributed by atoms with Gasteiger partial charge in [-0.25, -0.2) is 9.97 Å². The SMILES string of the molecule is c1cc(C2CSCCN2)ncn1. The molecule has 0 aromatic carbocycles. The van der Waals surface area contributed by atoms with E-state index in [0.29, 0.717) is 6.04 Å². The summed E-state index contributed by atoms with van der Waals surface area (Å²) in [4.78, 5) is 8.11. The van der Waals surface area contributed by atoms with E-state index in [2.05, 4.69) is 15.3 Å². The maximum atomic E-state index is 4.22. The fourth-order valence-corrected chi connectivity index (χ4v) is 2.22. The molecule has 1 aromatic rings. The van der Waals surface area contributed by atoms with Crippen LogP contribution in [0.15, 0.2) is 18.6 Å². The fourth-order valence-electron chi connectivity index (χ4n) is 1.26. The van der Waals surface area contributed by atoms with Crippen molar-refractivity contribution in [2.24, 2.45) is 0 Å². The van der Waals surface area contributed by atoms with Crippen molar-refractivity contribution >= 4 is 11.8 Å². The first kappa shape index (κ1) is 8.01. The highest BCUT2D eigenvalue weighted by Gasteiger charge is 2.15. The minimum absolute atomic E-state index is 0.423. The van der Waals surface area contributed by atoms with Gasteiger partial charge in [-0.2, -0.15) is 11.8 Å². The van der Waals surface area contributed by atoms with E-state index in [-0.39, 0.29) is 0 Å². The number of hydrogen-bond donors (Lipinski definition) is 1. The van der Waals surface area contributed by atoms with Gasteiger partial charge in [0.2, 0.25) is 0 Å². The number of thioether (sulfide) groups is 1. The van der Waals surface area contributed by atoms with Gasteiger partial charge < -0.3 is 5.32 Å². The maximum absolute atomic E-state index is 4.22. The first-order valence-electron chi connectivity index (χ1n) is 4.04. The van der Waals surface area contributed by atoms with Crippen LogP contribution in [0.5, 0.6) is 0 Å². The third-order valence-electron chi connectivity index (χ3n) is 1.88. The lowest BCUT2D eigenvalue weighted by atomic mass is 10.2. The normalized spacial score (nSPS) is 23.8. The summed E-state index contributed by atoms with van der Waals surface area (Å²) in [5.41, 5.74) is 1.11. The molecule has 0 amide bonds. The van der Waals surface area contributed by atoms with E-state index in [0.717, 1.165) is 18.0 Å². The van der Waals surface area contributed by atoms with E-state index in [4.69, 9.17) is 0 Å². The van der Waals surface area contributed by atoms with Crippen molar-refractivity contribution in [1.29, 1.82) is 0 Å². The maximum Gasteiger partial charge on any atom is 0.115 e. The minimum Gasteiger partial charge on any atom is -0.307 e. The molecule has 0 radical (unpaired) electrons. The first-order chi connectivity index (χ1) is 5.97. The third-order valence-corrected chi connectivity index (χ3v) is 2.95. The van der Waals surface area contributed by atoms with E-state index in [1.807, 2.05) is 17.8 Å². The molecule has 4 heteroatoms. The Bertz CT molecular complexity index is 233. The van der Waals surface area contributed by atoms with Crippen molar-refractivity contribution in [1.82, 2.24) is 15.3 Å². The van der Waals surface area contributed by atoms with Crippen molar-refractivity contribution in [2.75, 3.05) is 18.1 Å². The average Bonchev–Trinajstić information content (AvgIpc) is 2.21. The molecule has 1 aliphatic rings. The summed E-state index contributed by atoms with van der Waals surface area (Å²) in [6, 6.07) is 2.40. The van der Waals surface area contributed by atoms with Crippen LogP contribution in [0.2, 0.25) is 0 Å². The smallest absolute Gasteiger partial charge is 0.115 e. The number of rotatable bonds is 1. The molecule has 0 bridgehead atoms. The highest BCUT2D eigenvalue weighted by atomic mass is 32.2. The summed E-state index contributed by atoms with van der Waals surface area (Å²) in [5, 5.41) is 3.42. The Labute approximate surface area is 76.0 Å². The van der Waals surface area contributed by atoms with Crippen molar-refractivity contribution in [2.45, 2.75) is 6.04 Å². The second-order valence-electron chi connectivity index (χ2n) is 2.72. The van der Waals surface area contributed by atoms with Gasteiger partial charge in [0.25, 0.3) is 0 Å². The fraction of sp³-hybridized carbons (Fsp3) is 0.500. The van der Waals surface area contributed by atoms with Gasteiger partial charge in [-0.1, -0.05) is 0 Å². The van der Waals surface area contributed by atoms with Crippen LogP contribution >= 0.6 is 11.8 Å². The lowest BCUT2D eigenvalue weighted by Gasteiger charge is -2.22. The van der Waals surface area contributed by atoms with Gasteiger partial charge in [-0.05, 0) is 6.07 Å². The van der Waals surface area contributed by atoms with Gasteiger partial charge in [0.05, 0.1) is 11.7 Å². The summed E-state index contributed by atoms with van der Waals surface area (Å²) in [6.45, 7) is 1.08. The third kappa shape index (κ3) is 1.76. The molecule has 1 unspecified atom stereocenters. The van der Waals surface area contributed by atoms with E-state index >= 15 is 0 Å². The summed E-state index contributed by atoms with van der Waals surface area (Å²) >= 11 is 1.97. The van der Waals surface area contributed by atoms with Crippen molar-refractivity contribution in [3.63, 3.8) is 0 Å². The summed E-state index contributed by atoms with van der Waals surface area (Å²) in [6.07, 6.45) is 3.40. The van der Waals surface area contributed by atoms with Crippen LogP contribution in [0.1, 0.15) is 11.7 Å². The van der Waals surface area contributed by atoms with Crippen LogP contribution in [-0.2, 0) is 0 Å². The largest absolute Gasteiger partial charge is 0.307 e. The average molecular weight is 181 g/mol. The second-order valence-corrected chi connectivity index (χ2v) is 3.87. The molecular weight excluding hydrogens is 170 g/mol. The van der Waals surface area contributed by atoms with Crippen molar-refractivity contribution < 1.29 is 0 Å². The molecular formula is C8H11N3S. The van der Waals surface area contributed by atoms with E-state index in [9.17, 15) is 0 Å². The van der Waals surface area contributed by atoms with Crippen LogP contribution < -0.4 is 5.32 Å². The zero-order valence-corrected chi connectivity index (χ0v) is 7.55. The Morgan fingerprint density at radius 1 is 1.58 bits per heavy atom. The van der Waals surface area contributed by atoms with Crippen molar-refractivity contribution in [3.05, 3.63) is 24.3 Å². The Balaban J connectivity index is 2.08. The Hall–Kier alpha value is -0.610. The second kappa shape index (κ2) is 3.87. The number of nitrogens with one attached hydrogen (secondary N) is 1. The van der Waals surface area contributed by atoms with Gasteiger partial charge in [-0.15, -0.1) is 0 Å². The monoisotopic (exact) mass is 181 g/mol. The summed E-state index contributed by atoms with van der Waals surface area (Å²) < 4.78 is 0. The van der Waals surface area contributed by atoms with Crippen LogP contribution in [-0.4, -0.2) is 28.0 Å². The van der Waals surface area contributed by atoms with Gasteiger partial charge in [0.1, 0.15) is 6.33 Å². The van der Waals surface area contributed by atoms with Gasteiger partial charge in [-0.3, -0.25) is 0 Å². The van der Waals surface area contributed by atoms with Crippen LogP contribution in [0.3, 0.4) is 0 Å². The van der Waals surface area contributed by atoms with E-state index in [1.54, 1.807) is 12.5 Å². The van der Waals surface area contributed by atoms with E-state index in [1.165, 1.54) is 5.75 Å². The summed E-state index contributed by atoms with van der Waals surface area (Å²) in [5.74, 6) is 2.33. The van der Waals surface area contributed by atoms with Crippen LogP contribution in [0.25, 0.3) is 0 Å². The molecule has 1 aliphatic heterocycles. The molecule has 0 aliphatic carbocycles. The molecule has 0 saturated carbocycles. The molecule has 1 aromatic heterocycles. The van der Waals surface area contributed by atoms with Crippen LogP contribution in [0.4, 0.5) is 0 Å².